The van der Waals surface area contributed by atoms with Gasteiger partial charge in [0.25, 0.3) is 11.8 Å². The van der Waals surface area contributed by atoms with Crippen molar-refractivity contribution in [2.45, 2.75) is 26.4 Å². The van der Waals surface area contributed by atoms with Crippen LogP contribution in [0.5, 0.6) is 11.5 Å². The SMILES string of the molecule is CC(C)COc1ccc(C(=O)N/C(=C\c2ccc(OC(F)(F)C(F)F)cc2)C(=O)NCCO)cc1. The molecule has 35 heavy (non-hydrogen) atoms. The molecule has 0 radical (unpaired) electrons. The van der Waals surface area contributed by atoms with Gasteiger partial charge < -0.3 is 25.2 Å². The molecule has 0 bridgehead atoms. The lowest BCUT2D eigenvalue weighted by molar-refractivity contribution is -0.253. The average Bonchev–Trinajstić information content (AvgIpc) is 2.81. The number of aliphatic hydroxyl groups excluding tert-OH is 1. The van der Waals surface area contributed by atoms with Crippen LogP contribution in [0.4, 0.5) is 17.6 Å². The summed E-state index contributed by atoms with van der Waals surface area (Å²) in [6.45, 7) is 4.08. The van der Waals surface area contributed by atoms with Crippen molar-refractivity contribution in [2.24, 2.45) is 5.92 Å². The van der Waals surface area contributed by atoms with E-state index in [1.54, 1.807) is 12.1 Å². The molecule has 190 valence electrons. The summed E-state index contributed by atoms with van der Waals surface area (Å²) in [6, 6.07) is 10.8. The van der Waals surface area contributed by atoms with Crippen LogP contribution in [-0.4, -0.2) is 49.2 Å². The number of aliphatic hydroxyl groups is 1. The second kappa shape index (κ2) is 12.7. The van der Waals surface area contributed by atoms with Gasteiger partial charge in [-0.15, -0.1) is 0 Å². The fourth-order valence-corrected chi connectivity index (χ4v) is 2.58. The number of hydrogen-bond acceptors (Lipinski definition) is 5. The smallest absolute Gasteiger partial charge is 0.461 e. The predicted octanol–water partition coefficient (Wildman–Crippen LogP) is 3.84. The van der Waals surface area contributed by atoms with Gasteiger partial charge in [-0.3, -0.25) is 9.59 Å². The Morgan fingerprint density at radius 1 is 1.03 bits per heavy atom. The van der Waals surface area contributed by atoms with E-state index in [0.717, 1.165) is 12.1 Å². The van der Waals surface area contributed by atoms with Crippen molar-refractivity contribution in [3.05, 3.63) is 65.4 Å². The number of rotatable bonds is 12. The highest BCUT2D eigenvalue weighted by Gasteiger charge is 2.43. The second-order valence-corrected chi connectivity index (χ2v) is 7.75. The van der Waals surface area contributed by atoms with E-state index in [9.17, 15) is 27.2 Å². The van der Waals surface area contributed by atoms with E-state index < -0.39 is 30.1 Å². The third-order valence-corrected chi connectivity index (χ3v) is 4.29. The number of carbonyl (C=O) groups excluding carboxylic acids is 2. The largest absolute Gasteiger partial charge is 0.493 e. The zero-order chi connectivity index (χ0) is 26.0. The van der Waals surface area contributed by atoms with Gasteiger partial charge in [0, 0.05) is 12.1 Å². The summed E-state index contributed by atoms with van der Waals surface area (Å²) >= 11 is 0. The molecule has 0 unspecified atom stereocenters. The highest BCUT2D eigenvalue weighted by molar-refractivity contribution is 6.05. The molecule has 0 fully saturated rings. The molecule has 3 N–H and O–H groups in total. The zero-order valence-electron chi connectivity index (χ0n) is 19.1. The van der Waals surface area contributed by atoms with E-state index in [0.29, 0.717) is 18.3 Å². The van der Waals surface area contributed by atoms with Gasteiger partial charge in [0.05, 0.1) is 13.2 Å². The van der Waals surface area contributed by atoms with E-state index in [-0.39, 0.29) is 30.0 Å². The summed E-state index contributed by atoms with van der Waals surface area (Å²) in [5.74, 6) is -0.935. The van der Waals surface area contributed by atoms with Crippen molar-refractivity contribution in [2.75, 3.05) is 19.8 Å². The zero-order valence-corrected chi connectivity index (χ0v) is 19.1. The third-order valence-electron chi connectivity index (χ3n) is 4.29. The predicted molar refractivity (Wildman–Crippen MR) is 120 cm³/mol. The van der Waals surface area contributed by atoms with E-state index in [2.05, 4.69) is 15.4 Å². The van der Waals surface area contributed by atoms with Crippen LogP contribution in [0.15, 0.2) is 54.2 Å². The minimum absolute atomic E-state index is 0.0799. The molecule has 0 aromatic heterocycles. The molecule has 0 spiro atoms. The Morgan fingerprint density at radius 3 is 2.17 bits per heavy atom. The van der Waals surface area contributed by atoms with E-state index in [1.165, 1.54) is 30.3 Å². The molecular weight excluding hydrogens is 472 g/mol. The molecule has 11 heteroatoms. The molecule has 0 aliphatic heterocycles. The maximum Gasteiger partial charge on any atom is 0.461 e. The number of ether oxygens (including phenoxy) is 2. The van der Waals surface area contributed by atoms with E-state index >= 15 is 0 Å². The molecule has 0 aliphatic carbocycles. The maximum atomic E-state index is 13.1. The summed E-state index contributed by atoms with van der Waals surface area (Å²) < 4.78 is 60.3. The topological polar surface area (TPSA) is 96.9 Å². The van der Waals surface area contributed by atoms with Crippen molar-refractivity contribution in [1.29, 1.82) is 0 Å². The first kappa shape index (κ1) is 27.6. The van der Waals surface area contributed by atoms with Gasteiger partial charge in [-0.25, -0.2) is 0 Å². The lowest BCUT2D eigenvalue weighted by atomic mass is 10.1. The molecule has 0 heterocycles. The molecule has 2 aromatic rings. The van der Waals surface area contributed by atoms with Gasteiger partial charge in [0.15, 0.2) is 0 Å². The van der Waals surface area contributed by atoms with Gasteiger partial charge in [-0.1, -0.05) is 26.0 Å². The first-order valence-corrected chi connectivity index (χ1v) is 10.6. The van der Waals surface area contributed by atoms with Crippen molar-refractivity contribution < 1.29 is 41.7 Å². The van der Waals surface area contributed by atoms with E-state index in [4.69, 9.17) is 9.84 Å². The lowest BCUT2D eigenvalue weighted by Gasteiger charge is -2.16. The fraction of sp³-hybridized carbons (Fsp3) is 0.333. The summed E-state index contributed by atoms with van der Waals surface area (Å²) in [4.78, 5) is 25.2. The number of nitrogens with one attached hydrogen (secondary N) is 2. The number of halogens is 4. The Bertz CT molecular complexity index is 1010. The number of alkyl halides is 4. The van der Waals surface area contributed by atoms with E-state index in [1.807, 2.05) is 13.8 Å². The minimum Gasteiger partial charge on any atom is -0.493 e. The molecule has 0 saturated heterocycles. The first-order chi connectivity index (χ1) is 16.5. The Kier molecular flexibility index (Phi) is 10.1. The number of hydrogen-bond donors (Lipinski definition) is 3. The van der Waals surface area contributed by atoms with Gasteiger partial charge >= 0.3 is 12.5 Å². The third kappa shape index (κ3) is 8.93. The van der Waals surface area contributed by atoms with Crippen LogP contribution in [-0.2, 0) is 4.79 Å². The van der Waals surface area contributed by atoms with Crippen LogP contribution >= 0.6 is 0 Å². The first-order valence-electron chi connectivity index (χ1n) is 10.6. The van der Waals surface area contributed by atoms with Gasteiger partial charge in [-0.05, 0) is 54.0 Å². The Morgan fingerprint density at radius 2 is 1.63 bits per heavy atom. The van der Waals surface area contributed by atoms with Crippen molar-refractivity contribution >= 4 is 17.9 Å². The molecule has 7 nitrogen and oxygen atoms in total. The highest BCUT2D eigenvalue weighted by atomic mass is 19.3. The Balaban J connectivity index is 2.19. The summed E-state index contributed by atoms with van der Waals surface area (Å²) in [7, 11) is 0. The summed E-state index contributed by atoms with van der Waals surface area (Å²) in [5.41, 5.74) is 0.320. The molecule has 0 atom stereocenters. The van der Waals surface area contributed by atoms with Gasteiger partial charge in [0.2, 0.25) is 0 Å². The number of carbonyl (C=O) groups is 2. The van der Waals surface area contributed by atoms with Crippen molar-refractivity contribution in [3.63, 3.8) is 0 Å². The quantitative estimate of drug-likeness (QED) is 0.305. The molecule has 0 aliphatic rings. The normalized spacial score (nSPS) is 12.0. The number of benzene rings is 2. The molecule has 2 rings (SSSR count). The van der Waals surface area contributed by atoms with Crippen LogP contribution < -0.4 is 20.1 Å². The Hall–Kier alpha value is -3.60. The average molecular weight is 498 g/mol. The van der Waals surface area contributed by atoms with Crippen molar-refractivity contribution in [3.8, 4) is 11.5 Å². The fourth-order valence-electron chi connectivity index (χ4n) is 2.58. The molecule has 0 saturated carbocycles. The Labute approximate surface area is 199 Å². The lowest BCUT2D eigenvalue weighted by Crippen LogP contribution is -2.36. The molecule has 2 amide bonds. The summed E-state index contributed by atoms with van der Waals surface area (Å²) in [6.07, 6.45) is -7.41. The monoisotopic (exact) mass is 498 g/mol. The van der Waals surface area contributed by atoms with Crippen LogP contribution in [0.25, 0.3) is 6.08 Å². The van der Waals surface area contributed by atoms with Crippen molar-refractivity contribution in [1.82, 2.24) is 10.6 Å². The van der Waals surface area contributed by atoms with Gasteiger partial charge in [-0.2, -0.15) is 17.6 Å². The number of amides is 2. The van der Waals surface area contributed by atoms with Gasteiger partial charge in [0.1, 0.15) is 17.2 Å². The van der Waals surface area contributed by atoms with Crippen LogP contribution in [0.1, 0.15) is 29.8 Å². The van der Waals surface area contributed by atoms with Crippen LogP contribution in [0.3, 0.4) is 0 Å². The highest BCUT2D eigenvalue weighted by Crippen LogP contribution is 2.27. The molecular formula is C24H26F4N2O5. The van der Waals surface area contributed by atoms with Crippen LogP contribution in [0, 0.1) is 5.92 Å². The van der Waals surface area contributed by atoms with Crippen LogP contribution in [0.2, 0.25) is 0 Å². The standard InChI is InChI=1S/C24H26F4N2O5/c1-15(2)14-34-18-9-5-17(6-10-18)21(32)30-20(22(33)29-11-12-31)13-16-3-7-19(8-4-16)35-24(27,28)23(25)26/h3-10,13,15,23,31H,11-12,14H2,1-2H3,(H,29,33)(H,30,32)/b20-13-. The minimum atomic E-state index is -4.66. The summed E-state index contributed by atoms with van der Waals surface area (Å²) in [5, 5.41) is 13.8. The second-order valence-electron chi connectivity index (χ2n) is 7.75. The molecule has 2 aromatic carbocycles. The maximum absolute atomic E-state index is 13.1.